The molecule has 7 nitrogen and oxygen atoms in total. The Morgan fingerprint density at radius 1 is 1.08 bits per heavy atom. The highest BCUT2D eigenvalue weighted by atomic mass is 32.2. The molecule has 3 heterocycles. The van der Waals surface area contributed by atoms with Gasteiger partial charge in [-0.05, 0) is 37.5 Å². The van der Waals surface area contributed by atoms with E-state index in [2.05, 4.69) is 15.1 Å². The summed E-state index contributed by atoms with van der Waals surface area (Å²) in [4.78, 5) is 9.75. The van der Waals surface area contributed by atoms with Gasteiger partial charge in [-0.15, -0.1) is 0 Å². The van der Waals surface area contributed by atoms with Gasteiger partial charge in [0.05, 0.1) is 18.1 Å². The van der Waals surface area contributed by atoms with Gasteiger partial charge in [-0.3, -0.25) is 9.89 Å². The van der Waals surface area contributed by atoms with E-state index in [1.807, 2.05) is 0 Å². The summed E-state index contributed by atoms with van der Waals surface area (Å²) < 4.78 is 28.8. The average Bonchev–Trinajstić information content (AvgIpc) is 3.16. The number of nitrogens with one attached hydrogen (secondary N) is 1. The van der Waals surface area contributed by atoms with Crippen LogP contribution in [0.5, 0.6) is 0 Å². The number of aliphatic imine (C=N–C) groups is 1. The van der Waals surface area contributed by atoms with Crippen molar-refractivity contribution in [3.05, 3.63) is 0 Å². The molecule has 0 radical (unpaired) electrons. The maximum absolute atomic E-state index is 11.7. The number of nitrogens with zero attached hydrogens (tertiary/aromatic N) is 3. The van der Waals surface area contributed by atoms with Crippen molar-refractivity contribution in [3.8, 4) is 0 Å². The molecule has 4 aliphatic rings. The molecular formula is C18H32N4O3S. The maximum Gasteiger partial charge on any atom is 0.194 e. The predicted octanol–water partition coefficient (Wildman–Crippen LogP) is 0.183. The van der Waals surface area contributed by atoms with Crippen LogP contribution in [0.15, 0.2) is 4.99 Å². The van der Waals surface area contributed by atoms with Crippen LogP contribution >= 0.6 is 0 Å². The molecule has 2 unspecified atom stereocenters. The first kappa shape index (κ1) is 18.5. The van der Waals surface area contributed by atoms with Crippen LogP contribution in [0.2, 0.25) is 0 Å². The number of rotatable bonds is 5. The fourth-order valence-corrected chi connectivity index (χ4v) is 5.96. The Morgan fingerprint density at radius 2 is 1.88 bits per heavy atom. The van der Waals surface area contributed by atoms with Gasteiger partial charge in [-0.25, -0.2) is 8.42 Å². The van der Waals surface area contributed by atoms with Crippen molar-refractivity contribution in [2.75, 3.05) is 64.0 Å². The highest BCUT2D eigenvalue weighted by Crippen LogP contribution is 2.21. The quantitative estimate of drug-likeness (QED) is 0.539. The first-order chi connectivity index (χ1) is 12.6. The highest BCUT2D eigenvalue weighted by molar-refractivity contribution is 7.91. The Kier molecular flexibility index (Phi) is 5.71. The first-order valence-electron chi connectivity index (χ1n) is 10.1. The molecule has 0 spiro atoms. The summed E-state index contributed by atoms with van der Waals surface area (Å²) in [5.41, 5.74) is 0. The van der Waals surface area contributed by atoms with E-state index < -0.39 is 9.84 Å². The second-order valence-corrected chi connectivity index (χ2v) is 10.6. The highest BCUT2D eigenvalue weighted by Gasteiger charge is 2.30. The zero-order valence-electron chi connectivity index (χ0n) is 15.6. The number of hydrogen-bond acceptors (Lipinski definition) is 5. The number of piperazine rings is 1. The van der Waals surface area contributed by atoms with Gasteiger partial charge < -0.3 is 15.0 Å². The van der Waals surface area contributed by atoms with E-state index in [0.717, 1.165) is 58.3 Å². The Balaban J connectivity index is 1.29. The third kappa shape index (κ3) is 5.10. The molecule has 2 atom stereocenters. The normalized spacial score (nSPS) is 32.9. The largest absolute Gasteiger partial charge is 0.381 e. The van der Waals surface area contributed by atoms with E-state index in [-0.39, 0.29) is 5.92 Å². The molecule has 4 rings (SSSR count). The van der Waals surface area contributed by atoms with Crippen LogP contribution in [-0.4, -0.2) is 94.2 Å². The average molecular weight is 385 g/mol. The maximum atomic E-state index is 11.7. The number of sulfone groups is 1. The molecule has 1 N–H and O–H groups in total. The lowest BCUT2D eigenvalue weighted by Crippen LogP contribution is -2.53. The molecule has 1 aliphatic carbocycles. The summed E-state index contributed by atoms with van der Waals surface area (Å²) in [5, 5.41) is 3.58. The summed E-state index contributed by atoms with van der Waals surface area (Å²) in [6.07, 6.45) is 4.40. The van der Waals surface area contributed by atoms with Gasteiger partial charge in [0.1, 0.15) is 0 Å². The zero-order chi connectivity index (χ0) is 18.0. The molecule has 0 aromatic heterocycles. The lowest BCUT2D eigenvalue weighted by atomic mass is 10.1. The zero-order valence-corrected chi connectivity index (χ0v) is 16.4. The Labute approximate surface area is 157 Å². The SMILES string of the molecule is O=S1(=O)CCC(CN=C(NC2CC2)N2CCN(CC3CCOC3)CC2)C1. The molecule has 148 valence electrons. The number of ether oxygens (including phenoxy) is 1. The summed E-state index contributed by atoms with van der Waals surface area (Å²) in [6.45, 7) is 7.75. The third-order valence-corrected chi connectivity index (χ3v) is 7.79. The van der Waals surface area contributed by atoms with Crippen LogP contribution in [0.4, 0.5) is 0 Å². The van der Waals surface area contributed by atoms with Crippen LogP contribution in [0.1, 0.15) is 25.7 Å². The van der Waals surface area contributed by atoms with E-state index in [0.29, 0.717) is 30.0 Å². The Hall–Kier alpha value is -0.860. The molecule has 3 aliphatic heterocycles. The molecule has 4 fully saturated rings. The van der Waals surface area contributed by atoms with Gasteiger partial charge in [0.2, 0.25) is 0 Å². The first-order valence-corrected chi connectivity index (χ1v) is 12.0. The number of guanidine groups is 1. The summed E-state index contributed by atoms with van der Waals surface area (Å²) in [5.74, 6) is 2.54. The van der Waals surface area contributed by atoms with Crippen LogP contribution in [-0.2, 0) is 14.6 Å². The standard InChI is InChI=1S/C18H32N4O3S/c23-26(24)10-4-15(14-26)11-19-18(20-17-1-2-17)22-7-5-21(6-8-22)12-16-3-9-25-13-16/h15-17H,1-14H2,(H,19,20). The smallest absolute Gasteiger partial charge is 0.194 e. The van der Waals surface area contributed by atoms with E-state index in [9.17, 15) is 8.42 Å². The molecule has 0 aromatic rings. The monoisotopic (exact) mass is 384 g/mol. The van der Waals surface area contributed by atoms with Crippen molar-refractivity contribution < 1.29 is 13.2 Å². The minimum Gasteiger partial charge on any atom is -0.381 e. The minimum absolute atomic E-state index is 0.194. The van der Waals surface area contributed by atoms with E-state index >= 15 is 0 Å². The van der Waals surface area contributed by atoms with Crippen molar-refractivity contribution >= 4 is 15.8 Å². The molecule has 1 saturated carbocycles. The van der Waals surface area contributed by atoms with Crippen molar-refractivity contribution in [2.45, 2.75) is 31.7 Å². The molecule has 0 amide bonds. The van der Waals surface area contributed by atoms with Gasteiger partial charge in [0.25, 0.3) is 0 Å². The van der Waals surface area contributed by atoms with Crippen LogP contribution in [0.25, 0.3) is 0 Å². The second kappa shape index (κ2) is 8.02. The lowest BCUT2D eigenvalue weighted by molar-refractivity contribution is 0.139. The summed E-state index contributed by atoms with van der Waals surface area (Å²) >= 11 is 0. The van der Waals surface area contributed by atoms with Gasteiger partial charge in [-0.2, -0.15) is 0 Å². The molecule has 0 aromatic carbocycles. The van der Waals surface area contributed by atoms with Gasteiger partial charge in [0.15, 0.2) is 15.8 Å². The lowest BCUT2D eigenvalue weighted by Gasteiger charge is -2.37. The minimum atomic E-state index is -2.82. The molecular weight excluding hydrogens is 352 g/mol. The predicted molar refractivity (Wildman–Crippen MR) is 102 cm³/mol. The van der Waals surface area contributed by atoms with Crippen LogP contribution < -0.4 is 5.32 Å². The summed E-state index contributed by atoms with van der Waals surface area (Å²) in [6, 6.07) is 0.565. The van der Waals surface area contributed by atoms with E-state index in [4.69, 9.17) is 9.73 Å². The van der Waals surface area contributed by atoms with Crippen LogP contribution in [0.3, 0.4) is 0 Å². The van der Waals surface area contributed by atoms with Crippen LogP contribution in [0, 0.1) is 11.8 Å². The summed E-state index contributed by atoms with van der Waals surface area (Å²) in [7, 11) is -2.82. The molecule has 26 heavy (non-hydrogen) atoms. The number of hydrogen-bond donors (Lipinski definition) is 1. The molecule has 3 saturated heterocycles. The van der Waals surface area contributed by atoms with E-state index in [1.54, 1.807) is 0 Å². The van der Waals surface area contributed by atoms with E-state index in [1.165, 1.54) is 19.3 Å². The Morgan fingerprint density at radius 3 is 2.50 bits per heavy atom. The Bertz CT molecular complexity index is 606. The topological polar surface area (TPSA) is 74.2 Å². The second-order valence-electron chi connectivity index (χ2n) is 8.37. The third-order valence-electron chi connectivity index (χ3n) is 5.95. The van der Waals surface area contributed by atoms with Gasteiger partial charge in [-0.1, -0.05) is 0 Å². The fourth-order valence-electron chi connectivity index (χ4n) is 4.11. The van der Waals surface area contributed by atoms with Crippen molar-refractivity contribution in [1.29, 1.82) is 0 Å². The van der Waals surface area contributed by atoms with Crippen molar-refractivity contribution in [2.24, 2.45) is 16.8 Å². The molecule has 0 bridgehead atoms. The van der Waals surface area contributed by atoms with Crippen molar-refractivity contribution in [1.82, 2.24) is 15.1 Å². The van der Waals surface area contributed by atoms with Gasteiger partial charge >= 0.3 is 0 Å². The molecule has 8 heteroatoms. The fraction of sp³-hybridized carbons (Fsp3) is 0.944. The van der Waals surface area contributed by atoms with Gasteiger partial charge in [0, 0.05) is 51.9 Å². The van der Waals surface area contributed by atoms with Crippen molar-refractivity contribution in [3.63, 3.8) is 0 Å².